The van der Waals surface area contributed by atoms with Crippen LogP contribution >= 0.6 is 0 Å². The molecule has 1 amide bonds. The molecule has 3 rings (SSSR count). The zero-order chi connectivity index (χ0) is 20.1. The minimum Gasteiger partial charge on any atom is -0.310 e. The predicted molar refractivity (Wildman–Crippen MR) is 112 cm³/mol. The average Bonchev–Trinajstić information content (AvgIpc) is 2.70. The SMILES string of the molecule is CCCCC(=O)Nc1ncc(-c2ccc3ncn(CCC)c(=O)c3c2)cc1C. The van der Waals surface area contributed by atoms with Crippen LogP contribution in [0.3, 0.4) is 0 Å². The molecule has 1 aromatic carbocycles. The van der Waals surface area contributed by atoms with Crippen LogP contribution in [0.2, 0.25) is 0 Å². The van der Waals surface area contributed by atoms with Crippen molar-refractivity contribution in [2.45, 2.75) is 53.0 Å². The maximum atomic E-state index is 12.7. The molecule has 28 heavy (non-hydrogen) atoms. The minimum absolute atomic E-state index is 0.0153. The lowest BCUT2D eigenvalue weighted by atomic mass is 10.0. The van der Waals surface area contributed by atoms with Gasteiger partial charge in [-0.15, -0.1) is 0 Å². The van der Waals surface area contributed by atoms with E-state index in [1.165, 1.54) is 0 Å². The smallest absolute Gasteiger partial charge is 0.261 e. The van der Waals surface area contributed by atoms with Gasteiger partial charge >= 0.3 is 0 Å². The van der Waals surface area contributed by atoms with E-state index in [1.807, 2.05) is 38.1 Å². The fourth-order valence-electron chi connectivity index (χ4n) is 3.13. The normalized spacial score (nSPS) is 11.0. The van der Waals surface area contributed by atoms with Crippen LogP contribution in [0, 0.1) is 6.92 Å². The van der Waals surface area contributed by atoms with Gasteiger partial charge in [-0.2, -0.15) is 0 Å². The van der Waals surface area contributed by atoms with Crippen molar-refractivity contribution >= 4 is 22.6 Å². The minimum atomic E-state index is -0.0295. The van der Waals surface area contributed by atoms with Crippen molar-refractivity contribution in [1.29, 1.82) is 0 Å². The third kappa shape index (κ3) is 4.27. The molecule has 0 radical (unpaired) electrons. The van der Waals surface area contributed by atoms with E-state index in [4.69, 9.17) is 0 Å². The molecule has 1 N–H and O–H groups in total. The molecule has 6 nitrogen and oxygen atoms in total. The molecule has 2 aromatic heterocycles. The second kappa shape index (κ2) is 8.78. The number of hydrogen-bond acceptors (Lipinski definition) is 4. The highest BCUT2D eigenvalue weighted by Gasteiger charge is 2.10. The molecule has 0 atom stereocenters. The van der Waals surface area contributed by atoms with Gasteiger partial charge in [0.15, 0.2) is 0 Å². The molecule has 6 heteroatoms. The second-order valence-corrected chi connectivity index (χ2v) is 7.02. The first-order chi connectivity index (χ1) is 13.5. The number of carbonyl (C=O) groups excluding carboxylic acids is 1. The van der Waals surface area contributed by atoms with Crippen LogP contribution in [0.15, 0.2) is 41.6 Å². The summed E-state index contributed by atoms with van der Waals surface area (Å²) in [5, 5.41) is 3.47. The zero-order valence-electron chi connectivity index (χ0n) is 16.7. The Hall–Kier alpha value is -3.02. The Morgan fingerprint density at radius 2 is 1.93 bits per heavy atom. The highest BCUT2D eigenvalue weighted by atomic mass is 16.1. The summed E-state index contributed by atoms with van der Waals surface area (Å²) in [6.07, 6.45) is 6.56. The van der Waals surface area contributed by atoms with Crippen LogP contribution < -0.4 is 10.9 Å². The van der Waals surface area contributed by atoms with Crippen LogP contribution in [-0.2, 0) is 11.3 Å². The van der Waals surface area contributed by atoms with Gasteiger partial charge in [-0.25, -0.2) is 9.97 Å². The van der Waals surface area contributed by atoms with E-state index < -0.39 is 0 Å². The zero-order valence-corrected chi connectivity index (χ0v) is 16.7. The van der Waals surface area contributed by atoms with E-state index in [0.29, 0.717) is 29.7 Å². The first kappa shape index (κ1) is 19.7. The second-order valence-electron chi connectivity index (χ2n) is 7.02. The lowest BCUT2D eigenvalue weighted by Crippen LogP contribution is -2.20. The van der Waals surface area contributed by atoms with Crippen molar-refractivity contribution < 1.29 is 4.79 Å². The van der Waals surface area contributed by atoms with Gasteiger partial charge in [0.25, 0.3) is 5.56 Å². The van der Waals surface area contributed by atoms with Crippen molar-refractivity contribution in [2.75, 3.05) is 5.32 Å². The van der Waals surface area contributed by atoms with Crippen molar-refractivity contribution in [3.63, 3.8) is 0 Å². The van der Waals surface area contributed by atoms with Gasteiger partial charge in [-0.1, -0.05) is 26.3 Å². The molecule has 0 aliphatic rings. The summed E-state index contributed by atoms with van der Waals surface area (Å²) in [5.41, 5.74) is 3.34. The van der Waals surface area contributed by atoms with E-state index in [1.54, 1.807) is 17.1 Å². The van der Waals surface area contributed by atoms with Crippen molar-refractivity contribution in [3.05, 3.63) is 52.7 Å². The Morgan fingerprint density at radius 1 is 1.11 bits per heavy atom. The average molecular weight is 378 g/mol. The molecule has 0 aliphatic heterocycles. The van der Waals surface area contributed by atoms with Crippen molar-refractivity contribution in [2.24, 2.45) is 0 Å². The molecule has 0 spiro atoms. The van der Waals surface area contributed by atoms with E-state index in [9.17, 15) is 9.59 Å². The van der Waals surface area contributed by atoms with Crippen LogP contribution in [0.5, 0.6) is 0 Å². The largest absolute Gasteiger partial charge is 0.310 e. The lowest BCUT2D eigenvalue weighted by molar-refractivity contribution is -0.116. The molecular weight excluding hydrogens is 352 g/mol. The van der Waals surface area contributed by atoms with Gasteiger partial charge in [-0.3, -0.25) is 14.2 Å². The van der Waals surface area contributed by atoms with Gasteiger partial charge in [0.05, 0.1) is 17.2 Å². The fraction of sp³-hybridized carbons (Fsp3) is 0.364. The third-order valence-corrected chi connectivity index (χ3v) is 4.72. The molecule has 0 saturated heterocycles. The summed E-state index contributed by atoms with van der Waals surface area (Å²) in [5.74, 6) is 0.566. The Balaban J connectivity index is 1.91. The Morgan fingerprint density at radius 3 is 2.64 bits per heavy atom. The number of amides is 1. The molecular formula is C22H26N4O2. The molecule has 0 aliphatic carbocycles. The summed E-state index contributed by atoms with van der Waals surface area (Å²) in [7, 11) is 0. The Kier molecular flexibility index (Phi) is 6.19. The van der Waals surface area contributed by atoms with Gasteiger partial charge in [-0.05, 0) is 49.1 Å². The number of hydrogen-bond donors (Lipinski definition) is 1. The number of nitrogens with zero attached hydrogens (tertiary/aromatic N) is 3. The highest BCUT2D eigenvalue weighted by Crippen LogP contribution is 2.25. The van der Waals surface area contributed by atoms with Crippen molar-refractivity contribution in [1.82, 2.24) is 14.5 Å². The molecule has 0 saturated carbocycles. The first-order valence-electron chi connectivity index (χ1n) is 9.79. The number of nitrogens with one attached hydrogen (secondary N) is 1. The topological polar surface area (TPSA) is 76.9 Å². The maximum absolute atomic E-state index is 12.7. The third-order valence-electron chi connectivity index (χ3n) is 4.72. The Labute approximate surface area is 164 Å². The Bertz CT molecular complexity index is 1060. The quantitative estimate of drug-likeness (QED) is 0.665. The van der Waals surface area contributed by atoms with Gasteiger partial charge < -0.3 is 5.32 Å². The monoisotopic (exact) mass is 378 g/mol. The summed E-state index contributed by atoms with van der Waals surface area (Å²) in [4.78, 5) is 33.4. The van der Waals surface area contributed by atoms with Crippen molar-refractivity contribution in [3.8, 4) is 11.1 Å². The summed E-state index contributed by atoms with van der Waals surface area (Å²) >= 11 is 0. The number of aromatic nitrogens is 3. The van der Waals surface area contributed by atoms with Gasteiger partial charge in [0, 0.05) is 24.7 Å². The lowest BCUT2D eigenvalue weighted by Gasteiger charge is -2.10. The number of carbonyl (C=O) groups is 1. The molecule has 3 aromatic rings. The summed E-state index contributed by atoms with van der Waals surface area (Å²) in [6, 6.07) is 7.64. The number of anilines is 1. The van der Waals surface area contributed by atoms with Crippen LogP contribution in [0.25, 0.3) is 22.0 Å². The van der Waals surface area contributed by atoms with Crippen LogP contribution in [-0.4, -0.2) is 20.4 Å². The first-order valence-corrected chi connectivity index (χ1v) is 9.79. The summed E-state index contributed by atoms with van der Waals surface area (Å²) < 4.78 is 1.64. The number of benzene rings is 1. The van der Waals surface area contributed by atoms with Crippen LogP contribution in [0.1, 0.15) is 45.1 Å². The highest BCUT2D eigenvalue weighted by molar-refractivity contribution is 5.91. The van der Waals surface area contributed by atoms with E-state index in [0.717, 1.165) is 36.0 Å². The van der Waals surface area contributed by atoms with E-state index in [2.05, 4.69) is 22.2 Å². The molecule has 146 valence electrons. The van der Waals surface area contributed by atoms with E-state index >= 15 is 0 Å². The van der Waals surface area contributed by atoms with E-state index in [-0.39, 0.29) is 11.5 Å². The molecule has 0 fully saturated rings. The van der Waals surface area contributed by atoms with Crippen LogP contribution in [0.4, 0.5) is 5.82 Å². The molecule has 0 bridgehead atoms. The van der Waals surface area contributed by atoms with Gasteiger partial charge in [0.1, 0.15) is 5.82 Å². The number of unbranched alkanes of at least 4 members (excludes halogenated alkanes) is 1. The summed E-state index contributed by atoms with van der Waals surface area (Å²) in [6.45, 7) is 6.66. The fourth-order valence-corrected chi connectivity index (χ4v) is 3.13. The molecule has 2 heterocycles. The predicted octanol–water partition coefficient (Wildman–Crippen LogP) is 4.31. The van der Waals surface area contributed by atoms with Gasteiger partial charge in [0.2, 0.25) is 5.91 Å². The number of fused-ring (bicyclic) bond motifs is 1. The number of aryl methyl sites for hydroxylation is 2. The number of pyridine rings is 1. The standard InChI is InChI=1S/C22H26N4O2/c1-4-6-7-20(27)25-21-15(3)11-17(13-23-21)16-8-9-19-18(12-16)22(28)26(10-5-2)14-24-19/h8-9,11-14H,4-7,10H2,1-3H3,(H,23,25,27). The molecule has 0 unspecified atom stereocenters. The number of rotatable bonds is 7. The maximum Gasteiger partial charge on any atom is 0.261 e.